The van der Waals surface area contributed by atoms with Crippen LogP contribution in [-0.2, 0) is 18.4 Å². The lowest BCUT2D eigenvalue weighted by molar-refractivity contribution is -0.870. The summed E-state index contributed by atoms with van der Waals surface area (Å²) in [6.07, 6.45) is 96.9. The van der Waals surface area contributed by atoms with E-state index in [-0.39, 0.29) is 19.1 Å². The number of carbonyl (C=O) groups is 1. The molecule has 0 aromatic heterocycles. The van der Waals surface area contributed by atoms with Crippen LogP contribution in [0.2, 0.25) is 0 Å². The molecule has 0 saturated heterocycles. The van der Waals surface area contributed by atoms with Gasteiger partial charge in [-0.05, 0) is 70.6 Å². The van der Waals surface area contributed by atoms with Crippen LogP contribution in [0, 0.1) is 0 Å². The lowest BCUT2D eigenvalue weighted by Crippen LogP contribution is -2.45. The number of phosphoric acid groups is 1. The predicted octanol–water partition coefficient (Wildman–Crippen LogP) is 25.1. The van der Waals surface area contributed by atoms with E-state index in [1.54, 1.807) is 6.08 Å². The number of hydrogen-bond donors (Lipinski definition) is 3. The third-order valence-electron chi connectivity index (χ3n) is 17.7. The monoisotopic (exact) mass is 1260 g/mol. The topological polar surface area (TPSA) is 105 Å². The third kappa shape index (κ3) is 71.6. The molecule has 0 saturated carbocycles. The second-order valence-electron chi connectivity index (χ2n) is 27.7. The number of hydrogen-bond acceptors (Lipinski definition) is 5. The number of nitrogens with one attached hydrogen (secondary N) is 1. The molecule has 3 atom stereocenters. The van der Waals surface area contributed by atoms with Gasteiger partial charge in [0.2, 0.25) is 5.91 Å². The Morgan fingerprint density at radius 2 is 0.659 bits per heavy atom. The van der Waals surface area contributed by atoms with Gasteiger partial charge in [0.1, 0.15) is 13.2 Å². The molecule has 0 aromatic carbocycles. The molecular weight excluding hydrogens is 1100 g/mol. The highest BCUT2D eigenvalue weighted by Crippen LogP contribution is 2.43. The first-order valence-corrected chi connectivity index (χ1v) is 40.2. The number of unbranched alkanes of at least 4 members (excludes halogenated alkanes) is 51. The maximum atomic E-state index is 13.1. The number of allylic oxidation sites excluding steroid dienone is 9. The third-order valence-corrected chi connectivity index (χ3v) is 18.7. The van der Waals surface area contributed by atoms with E-state index in [0.717, 1.165) is 51.4 Å². The van der Waals surface area contributed by atoms with Crippen LogP contribution in [-0.4, -0.2) is 73.4 Å². The summed E-state index contributed by atoms with van der Waals surface area (Å²) in [5.41, 5.74) is 0. The fraction of sp³-hybridized carbons (Fsp3) is 0.861. The summed E-state index contributed by atoms with van der Waals surface area (Å²) in [5, 5.41) is 14.0. The lowest BCUT2D eigenvalue weighted by Gasteiger charge is -2.25. The Bertz CT molecular complexity index is 1620. The summed E-state index contributed by atoms with van der Waals surface area (Å²) in [6, 6.07) is -0.866. The smallest absolute Gasteiger partial charge is 0.387 e. The van der Waals surface area contributed by atoms with Crippen molar-refractivity contribution >= 4 is 13.7 Å². The predicted molar refractivity (Wildman–Crippen MR) is 387 cm³/mol. The van der Waals surface area contributed by atoms with Crippen molar-refractivity contribution in [2.24, 2.45) is 0 Å². The summed E-state index contributed by atoms with van der Waals surface area (Å²) in [6.45, 7) is 4.84. The Balaban J connectivity index is 4.02. The molecule has 0 rings (SSSR count). The molecule has 0 spiro atoms. The minimum absolute atomic E-state index is 0.0567. The fourth-order valence-electron chi connectivity index (χ4n) is 11.7. The molecule has 3 unspecified atom stereocenters. The fourth-order valence-corrected chi connectivity index (χ4v) is 12.5. The Morgan fingerprint density at radius 3 is 0.989 bits per heavy atom. The van der Waals surface area contributed by atoms with Gasteiger partial charge in [-0.2, -0.15) is 0 Å². The number of amides is 1. The second kappa shape index (κ2) is 69.5. The second-order valence-corrected chi connectivity index (χ2v) is 29.2. The molecule has 518 valence electrons. The highest BCUT2D eigenvalue weighted by Gasteiger charge is 2.28. The van der Waals surface area contributed by atoms with E-state index < -0.39 is 20.0 Å². The van der Waals surface area contributed by atoms with Crippen LogP contribution in [0.1, 0.15) is 386 Å². The van der Waals surface area contributed by atoms with Gasteiger partial charge in [0.15, 0.2) is 0 Å². The molecule has 0 aliphatic heterocycles. The average Bonchev–Trinajstić information content (AvgIpc) is 3.64. The van der Waals surface area contributed by atoms with Crippen LogP contribution in [0.4, 0.5) is 0 Å². The lowest BCUT2D eigenvalue weighted by atomic mass is 10.0. The summed E-state index contributed by atoms with van der Waals surface area (Å²) in [4.78, 5) is 23.5. The number of likely N-dealkylation sites (N-methyl/N-ethyl adjacent to an activating group) is 1. The highest BCUT2D eigenvalue weighted by molar-refractivity contribution is 7.47. The SMILES string of the molecule is CCCCCCC/C=C\C/C=C\C/C=C\CCCCCCCCCCCCCCCCCCCCCCC(=O)NC(COP(=O)(O)OCC[N+](C)(C)C)C(O)/C=C/CC/C=C/CCCCCCCCCCCCCCCCCCCCCCCCCCC. The quantitative estimate of drug-likeness (QED) is 0.0243. The largest absolute Gasteiger partial charge is 0.472 e. The molecule has 0 bridgehead atoms. The molecule has 0 fully saturated rings. The van der Waals surface area contributed by atoms with Gasteiger partial charge in [0, 0.05) is 6.42 Å². The Hall–Kier alpha value is -1.80. The van der Waals surface area contributed by atoms with Gasteiger partial charge < -0.3 is 19.8 Å². The van der Waals surface area contributed by atoms with E-state index in [1.165, 1.54) is 315 Å². The van der Waals surface area contributed by atoms with Crippen LogP contribution in [0.3, 0.4) is 0 Å². The van der Waals surface area contributed by atoms with Crippen LogP contribution in [0.5, 0.6) is 0 Å². The van der Waals surface area contributed by atoms with Crippen molar-refractivity contribution in [3.8, 4) is 0 Å². The molecule has 0 heterocycles. The van der Waals surface area contributed by atoms with Crippen LogP contribution in [0.25, 0.3) is 0 Å². The number of aliphatic hydroxyl groups excluding tert-OH is 1. The zero-order valence-corrected chi connectivity index (χ0v) is 60.4. The van der Waals surface area contributed by atoms with Crippen LogP contribution >= 0.6 is 7.82 Å². The molecule has 1 amide bonds. The van der Waals surface area contributed by atoms with Crippen molar-refractivity contribution in [2.75, 3.05) is 40.9 Å². The molecular formula is C79H152N2O6P+. The zero-order valence-electron chi connectivity index (χ0n) is 59.5. The van der Waals surface area contributed by atoms with E-state index >= 15 is 0 Å². The van der Waals surface area contributed by atoms with E-state index in [9.17, 15) is 19.4 Å². The molecule has 8 nitrogen and oxygen atoms in total. The first-order chi connectivity index (χ1) is 43.0. The number of quaternary nitrogens is 1. The highest BCUT2D eigenvalue weighted by atomic mass is 31.2. The van der Waals surface area contributed by atoms with E-state index in [4.69, 9.17) is 9.05 Å². The molecule has 88 heavy (non-hydrogen) atoms. The van der Waals surface area contributed by atoms with Crippen molar-refractivity contribution in [1.82, 2.24) is 5.32 Å². The van der Waals surface area contributed by atoms with E-state index in [0.29, 0.717) is 17.4 Å². The van der Waals surface area contributed by atoms with Gasteiger partial charge >= 0.3 is 7.82 Å². The molecule has 9 heteroatoms. The Kier molecular flexibility index (Phi) is 68.1. The van der Waals surface area contributed by atoms with Crippen LogP contribution in [0.15, 0.2) is 60.8 Å². The first-order valence-electron chi connectivity index (χ1n) is 38.7. The van der Waals surface area contributed by atoms with Crippen LogP contribution < -0.4 is 5.32 Å². The van der Waals surface area contributed by atoms with Crippen molar-refractivity contribution in [3.05, 3.63) is 60.8 Å². The summed E-state index contributed by atoms with van der Waals surface area (Å²) < 4.78 is 23.8. The Morgan fingerprint density at radius 1 is 0.386 bits per heavy atom. The number of nitrogens with zero attached hydrogens (tertiary/aromatic N) is 1. The normalized spacial score (nSPS) is 13.9. The van der Waals surface area contributed by atoms with Gasteiger partial charge in [0.05, 0.1) is 39.9 Å². The van der Waals surface area contributed by atoms with Crippen molar-refractivity contribution < 1.29 is 32.9 Å². The number of aliphatic hydroxyl groups is 1. The summed E-state index contributed by atoms with van der Waals surface area (Å²) in [5.74, 6) is -0.180. The molecule has 0 aliphatic carbocycles. The maximum Gasteiger partial charge on any atom is 0.472 e. The standard InChI is InChI=1S/C79H151N2O6P/c1-6-8-10-12-14-16-18-20-22-24-26-28-30-32-34-36-38-39-40-41-43-45-47-49-51-53-55-57-59-61-63-65-67-69-71-73-79(83)80-77(76-87-88(84,85)86-75-74-81(3,4)5)78(82)72-70-68-66-64-62-60-58-56-54-52-50-48-46-44-42-37-35-33-31-29-27-25-23-21-19-17-15-13-11-9-7-2/h18,20,24,26,30,32,62,64,70,72,77-78,82H,6-17,19,21-23,25,27-29,31,33-61,63,65-69,71,73-76H2,1-5H3,(H-,80,83,84,85)/p+1/b20-18-,26-24-,32-30-,64-62+,72-70+. The minimum Gasteiger partial charge on any atom is -0.387 e. The molecule has 0 aliphatic rings. The molecule has 0 radical (unpaired) electrons. The summed E-state index contributed by atoms with van der Waals surface area (Å²) in [7, 11) is 1.57. The van der Waals surface area contributed by atoms with Crippen molar-refractivity contribution in [2.45, 2.75) is 398 Å². The number of carbonyl (C=O) groups excluding carboxylic acids is 1. The Labute approximate surface area is 549 Å². The van der Waals surface area contributed by atoms with Gasteiger partial charge in [-0.25, -0.2) is 4.57 Å². The van der Waals surface area contributed by atoms with E-state index in [1.807, 2.05) is 27.2 Å². The maximum absolute atomic E-state index is 13.1. The first kappa shape index (κ1) is 86.2. The molecule has 3 N–H and O–H groups in total. The zero-order chi connectivity index (χ0) is 64.1. The summed E-state index contributed by atoms with van der Waals surface area (Å²) >= 11 is 0. The number of phosphoric ester groups is 1. The van der Waals surface area contributed by atoms with Gasteiger partial charge in [0.25, 0.3) is 0 Å². The molecule has 0 aromatic rings. The van der Waals surface area contributed by atoms with Crippen molar-refractivity contribution in [1.29, 1.82) is 0 Å². The van der Waals surface area contributed by atoms with Crippen molar-refractivity contribution in [3.63, 3.8) is 0 Å². The van der Waals surface area contributed by atoms with Gasteiger partial charge in [-0.15, -0.1) is 0 Å². The average molecular weight is 1260 g/mol. The van der Waals surface area contributed by atoms with E-state index in [2.05, 4.69) is 67.8 Å². The minimum atomic E-state index is -4.37. The number of rotatable bonds is 72. The van der Waals surface area contributed by atoms with Gasteiger partial charge in [-0.3, -0.25) is 13.8 Å². The van der Waals surface area contributed by atoms with Gasteiger partial charge in [-0.1, -0.05) is 370 Å².